The molecule has 0 radical (unpaired) electrons. The first-order valence-electron chi connectivity index (χ1n) is 13.9. The predicted octanol–water partition coefficient (Wildman–Crippen LogP) is 4.86. The Kier molecular flexibility index (Phi) is 7.02. The Morgan fingerprint density at radius 2 is 1.80 bits per heavy atom. The van der Waals surface area contributed by atoms with E-state index in [2.05, 4.69) is 28.0 Å². The van der Waals surface area contributed by atoms with E-state index in [0.29, 0.717) is 36.1 Å². The summed E-state index contributed by atoms with van der Waals surface area (Å²) in [5, 5.41) is 0. The largest absolute Gasteiger partial charge is 0.486 e. The molecule has 3 aliphatic heterocycles. The average Bonchev–Trinajstić information content (AvgIpc) is 3.25. The second-order valence-electron chi connectivity index (χ2n) is 11.5. The third-order valence-corrected chi connectivity index (χ3v) is 9.86. The summed E-state index contributed by atoms with van der Waals surface area (Å²) in [7, 11) is -1.14. The molecule has 10 heteroatoms. The molecule has 1 aromatic heterocycles. The van der Waals surface area contributed by atoms with Gasteiger partial charge in [-0.25, -0.2) is 27.2 Å². The summed E-state index contributed by atoms with van der Waals surface area (Å²) < 4.78 is 61.2. The van der Waals surface area contributed by atoms with Gasteiger partial charge in [-0.15, -0.1) is 0 Å². The number of nitrogens with zero attached hydrogens (tertiary/aromatic N) is 4. The Morgan fingerprint density at radius 3 is 2.55 bits per heavy atom. The highest BCUT2D eigenvalue weighted by molar-refractivity contribution is 7.90. The monoisotopic (exact) mass is 568 g/mol. The van der Waals surface area contributed by atoms with Crippen LogP contribution in [0, 0.1) is 11.6 Å². The Hall–Kier alpha value is -3.11. The third-order valence-electron chi connectivity index (χ3n) is 8.40. The van der Waals surface area contributed by atoms with Crippen LogP contribution >= 0.6 is 0 Å². The van der Waals surface area contributed by atoms with Crippen molar-refractivity contribution < 1.29 is 21.9 Å². The molecule has 7 nitrogen and oxygen atoms in total. The van der Waals surface area contributed by atoms with E-state index in [1.54, 1.807) is 6.07 Å². The second kappa shape index (κ2) is 10.4. The van der Waals surface area contributed by atoms with Gasteiger partial charge in [-0.05, 0) is 87.1 Å². The number of sulfone groups is 1. The summed E-state index contributed by atoms with van der Waals surface area (Å²) in [6.45, 7) is 6.99. The van der Waals surface area contributed by atoms with Crippen molar-refractivity contribution in [3.8, 4) is 17.0 Å². The number of likely N-dealkylation sites (tertiary alicyclic amines) is 1. The molecule has 1 saturated heterocycles. The van der Waals surface area contributed by atoms with Gasteiger partial charge in [0.25, 0.3) is 0 Å². The molecule has 0 N–H and O–H groups in total. The fourth-order valence-corrected chi connectivity index (χ4v) is 7.99. The van der Waals surface area contributed by atoms with Gasteiger partial charge in [0.05, 0.1) is 29.9 Å². The first-order valence-corrected chi connectivity index (χ1v) is 15.7. The summed E-state index contributed by atoms with van der Waals surface area (Å²) in [6, 6.07) is 7.12. The number of anilines is 1. The zero-order chi connectivity index (χ0) is 28.2. The lowest BCUT2D eigenvalue weighted by Crippen LogP contribution is -2.38. The molecule has 1 fully saturated rings. The highest BCUT2D eigenvalue weighted by Gasteiger charge is 2.33. The van der Waals surface area contributed by atoms with Gasteiger partial charge in [0.2, 0.25) is 0 Å². The molecule has 40 heavy (non-hydrogen) atoms. The smallest absolute Gasteiger partial charge is 0.178 e. The molecule has 3 aliphatic rings. The van der Waals surface area contributed by atoms with E-state index >= 15 is 8.78 Å². The summed E-state index contributed by atoms with van der Waals surface area (Å²) in [5.41, 5.74) is 4.60. The standard InChI is InChI=1S/C30H34F2N4O3S/c1-18(2)36-10-11-39-30-25(31)12-21(13-27(30)36)29-26(32)15-33-28(34-29)14-20-4-5-22(19-6-8-35(3)9-7-19)24-17-40(37,38)16-23(20)24/h4-5,12-13,15,18-19H,6-11,14,16-17H2,1-3H3. The SMILES string of the molecule is CC(C)N1CCOc2c(F)cc(-c3nc(Cc4ccc(C5CCN(C)CC5)c5c4CS(=O)(=O)C5)ncc3F)cc21. The lowest BCUT2D eigenvalue weighted by atomic mass is 9.84. The van der Waals surface area contributed by atoms with Crippen LogP contribution in [0.1, 0.15) is 60.7 Å². The van der Waals surface area contributed by atoms with Gasteiger partial charge in [-0.2, -0.15) is 0 Å². The van der Waals surface area contributed by atoms with Crippen molar-refractivity contribution in [2.24, 2.45) is 0 Å². The molecule has 0 amide bonds. The van der Waals surface area contributed by atoms with Crippen molar-refractivity contribution in [1.82, 2.24) is 14.9 Å². The van der Waals surface area contributed by atoms with E-state index in [1.165, 1.54) is 6.07 Å². The zero-order valence-electron chi connectivity index (χ0n) is 23.1. The molecular formula is C30H34F2N4O3S. The fourth-order valence-electron chi connectivity index (χ4n) is 6.30. The molecule has 0 saturated carbocycles. The first kappa shape index (κ1) is 27.1. The molecule has 0 spiro atoms. The zero-order valence-corrected chi connectivity index (χ0v) is 23.9. The molecular weight excluding hydrogens is 534 g/mol. The third kappa shape index (κ3) is 5.07. The number of piperidine rings is 1. The molecule has 6 rings (SSSR count). The van der Waals surface area contributed by atoms with Crippen LogP contribution in [0.4, 0.5) is 14.5 Å². The minimum atomic E-state index is -3.25. The molecule has 212 valence electrons. The highest BCUT2D eigenvalue weighted by atomic mass is 32.2. The predicted molar refractivity (Wildman–Crippen MR) is 150 cm³/mol. The molecule has 3 aromatic rings. The average molecular weight is 569 g/mol. The Balaban J connectivity index is 1.35. The van der Waals surface area contributed by atoms with E-state index < -0.39 is 21.5 Å². The quantitative estimate of drug-likeness (QED) is 0.435. The van der Waals surface area contributed by atoms with Crippen molar-refractivity contribution in [3.05, 3.63) is 70.2 Å². The van der Waals surface area contributed by atoms with Gasteiger partial charge in [-0.1, -0.05) is 12.1 Å². The number of aromatic nitrogens is 2. The van der Waals surface area contributed by atoms with Gasteiger partial charge in [-0.3, -0.25) is 0 Å². The molecule has 4 heterocycles. The van der Waals surface area contributed by atoms with Gasteiger partial charge >= 0.3 is 0 Å². The van der Waals surface area contributed by atoms with Crippen LogP contribution in [0.3, 0.4) is 0 Å². The van der Waals surface area contributed by atoms with Crippen LogP contribution in [-0.2, 0) is 27.8 Å². The van der Waals surface area contributed by atoms with Gasteiger partial charge in [0.1, 0.15) is 18.1 Å². The number of benzene rings is 2. The molecule has 2 aromatic carbocycles. The highest BCUT2D eigenvalue weighted by Crippen LogP contribution is 2.40. The van der Waals surface area contributed by atoms with Crippen LogP contribution in [0.2, 0.25) is 0 Å². The fraction of sp³-hybridized carbons (Fsp3) is 0.467. The Bertz CT molecular complexity index is 1570. The minimum Gasteiger partial charge on any atom is -0.486 e. The van der Waals surface area contributed by atoms with Crippen molar-refractivity contribution >= 4 is 15.5 Å². The van der Waals surface area contributed by atoms with Crippen LogP contribution in [0.15, 0.2) is 30.5 Å². The summed E-state index contributed by atoms with van der Waals surface area (Å²) >= 11 is 0. The maximum absolute atomic E-state index is 15.1. The topological polar surface area (TPSA) is 75.6 Å². The van der Waals surface area contributed by atoms with Gasteiger partial charge in [0.15, 0.2) is 27.2 Å². The maximum atomic E-state index is 15.1. The first-order chi connectivity index (χ1) is 19.1. The lowest BCUT2D eigenvalue weighted by Gasteiger charge is -2.34. The number of halogens is 2. The number of hydrogen-bond donors (Lipinski definition) is 0. The molecule has 0 unspecified atom stereocenters. The summed E-state index contributed by atoms with van der Waals surface area (Å²) in [5.74, 6) is -0.311. The number of hydrogen-bond acceptors (Lipinski definition) is 7. The molecule has 0 atom stereocenters. The molecule has 0 aliphatic carbocycles. The van der Waals surface area contributed by atoms with Gasteiger partial charge in [0, 0.05) is 18.0 Å². The minimum absolute atomic E-state index is 0.00669. The van der Waals surface area contributed by atoms with E-state index in [-0.39, 0.29) is 35.4 Å². The number of rotatable bonds is 5. The van der Waals surface area contributed by atoms with Crippen LogP contribution in [0.5, 0.6) is 5.75 Å². The lowest BCUT2D eigenvalue weighted by molar-refractivity contribution is 0.255. The van der Waals surface area contributed by atoms with Crippen LogP contribution < -0.4 is 9.64 Å². The Labute approximate surface area is 234 Å². The van der Waals surface area contributed by atoms with Crippen molar-refractivity contribution in [3.63, 3.8) is 0 Å². The number of fused-ring (bicyclic) bond motifs is 2. The number of ether oxygens (including phenoxy) is 1. The van der Waals surface area contributed by atoms with Crippen LogP contribution in [0.25, 0.3) is 11.3 Å². The van der Waals surface area contributed by atoms with E-state index in [1.807, 2.05) is 24.8 Å². The second-order valence-corrected chi connectivity index (χ2v) is 13.5. The van der Waals surface area contributed by atoms with Crippen molar-refractivity contribution in [2.75, 3.05) is 38.2 Å². The summed E-state index contributed by atoms with van der Waals surface area (Å²) in [4.78, 5) is 13.1. The Morgan fingerprint density at radius 1 is 1.05 bits per heavy atom. The normalized spacial score (nSPS) is 19.0. The maximum Gasteiger partial charge on any atom is 0.178 e. The van der Waals surface area contributed by atoms with Crippen LogP contribution in [-0.4, -0.2) is 62.6 Å². The van der Waals surface area contributed by atoms with Crippen molar-refractivity contribution in [2.45, 2.75) is 56.6 Å². The van der Waals surface area contributed by atoms with Gasteiger partial charge < -0.3 is 14.5 Å². The van der Waals surface area contributed by atoms with E-state index in [4.69, 9.17) is 4.74 Å². The van der Waals surface area contributed by atoms with E-state index in [0.717, 1.165) is 54.4 Å². The summed E-state index contributed by atoms with van der Waals surface area (Å²) in [6.07, 6.45) is 3.37. The van der Waals surface area contributed by atoms with E-state index in [9.17, 15) is 8.42 Å². The van der Waals surface area contributed by atoms with Crippen molar-refractivity contribution in [1.29, 1.82) is 0 Å². The molecule has 0 bridgehead atoms.